The van der Waals surface area contributed by atoms with Crippen molar-refractivity contribution < 1.29 is 28.6 Å². The Morgan fingerprint density at radius 3 is 2.53 bits per heavy atom. The summed E-state index contributed by atoms with van der Waals surface area (Å²) in [5, 5.41) is 1.65. The van der Waals surface area contributed by atoms with E-state index in [9.17, 15) is 0 Å². The van der Waals surface area contributed by atoms with Crippen LogP contribution in [-0.2, 0) is 20.1 Å². The van der Waals surface area contributed by atoms with E-state index < -0.39 is 6.85 Å². The number of hydrogen-bond acceptors (Lipinski definition) is 5. The first-order chi connectivity index (χ1) is 19.3. The maximum Gasteiger partial charge on any atom is 0.216 e. The van der Waals surface area contributed by atoms with Crippen LogP contribution in [0.25, 0.3) is 54.8 Å². The van der Waals surface area contributed by atoms with E-state index >= 15 is 0 Å². The van der Waals surface area contributed by atoms with Crippen LogP contribution >= 0.6 is 11.3 Å². The molecule has 7 aromatic rings. The number of nitrogens with zero attached hydrogens (tertiary/aromatic N) is 3. The van der Waals surface area contributed by atoms with Crippen molar-refractivity contribution >= 4 is 43.6 Å². The fourth-order valence-corrected chi connectivity index (χ4v) is 5.24. The Bertz CT molecular complexity index is 1930. The van der Waals surface area contributed by atoms with Gasteiger partial charge in [0.2, 0.25) is 5.71 Å². The maximum atomic E-state index is 7.57. The monoisotopic (exact) mass is 693 g/mol. The van der Waals surface area contributed by atoms with Gasteiger partial charge in [-0.2, -0.15) is 0 Å². The maximum absolute atomic E-state index is 7.57. The molecule has 4 nitrogen and oxygen atoms in total. The Balaban J connectivity index is 0.000000218. The van der Waals surface area contributed by atoms with Gasteiger partial charge in [0.15, 0.2) is 0 Å². The number of thiophene rings is 1. The van der Waals surface area contributed by atoms with Crippen molar-refractivity contribution in [3.63, 3.8) is 0 Å². The molecule has 189 valence electrons. The molecule has 0 bridgehead atoms. The molecular weight excluding hydrogens is 667 g/mol. The number of aromatic nitrogens is 3. The molecule has 7 rings (SSSR count). The van der Waals surface area contributed by atoms with Crippen molar-refractivity contribution in [2.24, 2.45) is 0 Å². The molecule has 0 fully saturated rings. The minimum atomic E-state index is -2.27. The molecule has 5 heterocycles. The molecule has 2 aromatic carbocycles. The predicted molar refractivity (Wildman–Crippen MR) is 152 cm³/mol. The number of hydrogen-bond donors (Lipinski definition) is 0. The number of pyridine rings is 3. The Morgan fingerprint density at radius 1 is 0.842 bits per heavy atom. The Labute approximate surface area is 243 Å². The van der Waals surface area contributed by atoms with Crippen molar-refractivity contribution in [3.05, 3.63) is 113 Å². The van der Waals surface area contributed by atoms with Gasteiger partial charge in [-0.15, -0.1) is 65.4 Å². The second-order valence-corrected chi connectivity index (χ2v) is 9.82. The summed E-state index contributed by atoms with van der Waals surface area (Å²) in [6.45, 7) is 1.90. The average Bonchev–Trinajstić information content (AvgIpc) is 3.49. The van der Waals surface area contributed by atoms with Crippen LogP contribution in [0.15, 0.2) is 89.5 Å². The Kier molecular flexibility index (Phi) is 6.43. The van der Waals surface area contributed by atoms with E-state index in [1.807, 2.05) is 60.7 Å². The number of fused-ring (bicyclic) bond motifs is 4. The van der Waals surface area contributed by atoms with E-state index in [1.165, 1.54) is 16.5 Å². The van der Waals surface area contributed by atoms with Gasteiger partial charge < -0.3 is 9.40 Å². The van der Waals surface area contributed by atoms with Crippen LogP contribution in [0, 0.1) is 32.8 Å². The third kappa shape index (κ3) is 4.91. The standard InChI is InChI=1S/C21H15N2OS.C11H8N.Ir/c1-11-7-8-15-14-5-4-6-16(20(14)24-21(15)22-11)17-9-10-18-19(23-17)12(2)13(3)25-18;1-2-6-10(7-3-1)11-8-4-5-9-12-11;/h4-5,7-10H,1-3H3;1-6,8-9H;/q2*-1;/i1D3;;. The summed E-state index contributed by atoms with van der Waals surface area (Å²) in [5.41, 5.74) is 6.65. The summed E-state index contributed by atoms with van der Waals surface area (Å²) in [6, 6.07) is 31.1. The molecule has 0 aliphatic carbocycles. The summed E-state index contributed by atoms with van der Waals surface area (Å²) in [5.74, 6) is 0. The Hall–Kier alpha value is -3.70. The van der Waals surface area contributed by atoms with Gasteiger partial charge in [-0.25, -0.2) is 4.98 Å². The minimum absolute atomic E-state index is 0. The van der Waals surface area contributed by atoms with Crippen LogP contribution in [0.2, 0.25) is 0 Å². The largest absolute Gasteiger partial charge is 0.486 e. The quantitative estimate of drug-likeness (QED) is 0.171. The third-order valence-electron chi connectivity index (χ3n) is 6.21. The zero-order chi connectivity index (χ0) is 27.9. The molecule has 0 spiro atoms. The molecule has 0 unspecified atom stereocenters. The molecule has 1 radical (unpaired) electrons. The molecule has 5 aromatic heterocycles. The summed E-state index contributed by atoms with van der Waals surface area (Å²) < 4.78 is 29.9. The second kappa shape index (κ2) is 11.0. The first-order valence-corrected chi connectivity index (χ1v) is 12.6. The number of furan rings is 1. The van der Waals surface area contributed by atoms with Gasteiger partial charge in [0.1, 0.15) is 0 Å². The van der Waals surface area contributed by atoms with Crippen LogP contribution < -0.4 is 0 Å². The second-order valence-electron chi connectivity index (χ2n) is 8.56. The van der Waals surface area contributed by atoms with E-state index in [2.05, 4.69) is 42.0 Å². The Morgan fingerprint density at radius 2 is 1.74 bits per heavy atom. The molecule has 0 atom stereocenters. The normalized spacial score (nSPS) is 12.3. The average molecular weight is 693 g/mol. The van der Waals surface area contributed by atoms with Gasteiger partial charge in [-0.1, -0.05) is 29.1 Å². The summed E-state index contributed by atoms with van der Waals surface area (Å²) >= 11 is 1.73. The van der Waals surface area contributed by atoms with Gasteiger partial charge in [-0.3, -0.25) is 4.98 Å². The van der Waals surface area contributed by atoms with Crippen LogP contribution in [-0.4, -0.2) is 15.0 Å². The first kappa shape index (κ1) is 22.3. The zero-order valence-electron chi connectivity index (χ0n) is 23.6. The molecule has 0 saturated heterocycles. The minimum Gasteiger partial charge on any atom is -0.486 e. The molecule has 6 heteroatoms. The molecule has 0 aliphatic rings. The summed E-state index contributed by atoms with van der Waals surface area (Å²) in [4.78, 5) is 14.5. The molecule has 0 aliphatic heterocycles. The number of rotatable bonds is 2. The number of benzene rings is 2. The van der Waals surface area contributed by atoms with E-state index in [1.54, 1.807) is 23.6 Å². The van der Waals surface area contributed by atoms with Crippen LogP contribution in [0.5, 0.6) is 0 Å². The molecular formula is C32H23IrN3OS-2. The molecule has 0 saturated carbocycles. The van der Waals surface area contributed by atoms with Crippen molar-refractivity contribution in [3.8, 4) is 22.5 Å². The fourth-order valence-electron chi connectivity index (χ4n) is 4.23. The van der Waals surface area contributed by atoms with Gasteiger partial charge in [0.05, 0.1) is 15.8 Å². The van der Waals surface area contributed by atoms with Gasteiger partial charge in [0, 0.05) is 46.4 Å². The predicted octanol–water partition coefficient (Wildman–Crippen LogP) is 8.53. The first-order valence-electron chi connectivity index (χ1n) is 13.3. The zero-order valence-corrected chi connectivity index (χ0v) is 23.8. The van der Waals surface area contributed by atoms with Crippen molar-refractivity contribution in [1.29, 1.82) is 0 Å². The third-order valence-corrected chi connectivity index (χ3v) is 7.37. The summed E-state index contributed by atoms with van der Waals surface area (Å²) in [6.07, 6.45) is 1.79. The van der Waals surface area contributed by atoms with E-state index in [0.717, 1.165) is 43.5 Å². The van der Waals surface area contributed by atoms with Crippen LogP contribution in [0.1, 0.15) is 20.2 Å². The van der Waals surface area contributed by atoms with Crippen molar-refractivity contribution in [2.45, 2.75) is 20.7 Å². The fraction of sp³-hybridized carbons (Fsp3) is 0.0938. The van der Waals surface area contributed by atoms with E-state index in [0.29, 0.717) is 11.3 Å². The van der Waals surface area contributed by atoms with Gasteiger partial charge in [0.25, 0.3) is 0 Å². The van der Waals surface area contributed by atoms with Gasteiger partial charge >= 0.3 is 0 Å². The number of aryl methyl sites for hydroxylation is 3. The molecule has 0 N–H and O–H groups in total. The topological polar surface area (TPSA) is 51.8 Å². The van der Waals surface area contributed by atoms with E-state index in [-0.39, 0.29) is 25.8 Å². The van der Waals surface area contributed by atoms with Crippen LogP contribution in [0.4, 0.5) is 0 Å². The van der Waals surface area contributed by atoms with Crippen molar-refractivity contribution in [1.82, 2.24) is 15.0 Å². The smallest absolute Gasteiger partial charge is 0.216 e. The molecule has 0 amide bonds. The van der Waals surface area contributed by atoms with Gasteiger partial charge in [-0.05, 0) is 61.9 Å². The summed E-state index contributed by atoms with van der Waals surface area (Å²) in [7, 11) is 0. The van der Waals surface area contributed by atoms with Crippen molar-refractivity contribution in [2.75, 3.05) is 0 Å². The van der Waals surface area contributed by atoms with Crippen LogP contribution in [0.3, 0.4) is 0 Å². The molecule has 38 heavy (non-hydrogen) atoms. The SMILES string of the molecule is [2H]C([2H])([2H])c1ccc2c(n1)oc1c(-c3ccc4sc(C)c(C)c4n3)[c-]ccc12.[Ir].[c-]1ccccc1-c1ccccn1. The van der Waals surface area contributed by atoms with E-state index in [4.69, 9.17) is 13.5 Å².